The van der Waals surface area contributed by atoms with Crippen LogP contribution in [-0.4, -0.2) is 16.1 Å². The van der Waals surface area contributed by atoms with E-state index in [2.05, 4.69) is 22.4 Å². The molecule has 3 rings (SSSR count). The van der Waals surface area contributed by atoms with Gasteiger partial charge in [0, 0.05) is 17.4 Å². The second kappa shape index (κ2) is 4.99. The summed E-state index contributed by atoms with van der Waals surface area (Å²) < 4.78 is 0. The molecule has 2 N–H and O–H groups in total. The Labute approximate surface area is 114 Å². The van der Waals surface area contributed by atoms with Crippen molar-refractivity contribution in [3.05, 3.63) is 17.7 Å². The van der Waals surface area contributed by atoms with Crippen LogP contribution in [-0.2, 0) is 4.79 Å². The minimum Gasteiger partial charge on any atom is -0.311 e. The highest BCUT2D eigenvalue weighted by Crippen LogP contribution is 2.37. The number of nitrogens with one attached hydrogen (secondary N) is 2. The fraction of sp³-hybridized carbons (Fsp3) is 0.667. The van der Waals surface area contributed by atoms with E-state index in [9.17, 15) is 4.79 Å². The Morgan fingerprint density at radius 2 is 2.00 bits per heavy atom. The zero-order chi connectivity index (χ0) is 13.3. The van der Waals surface area contributed by atoms with E-state index in [0.29, 0.717) is 0 Å². The minimum absolute atomic E-state index is 0.140. The summed E-state index contributed by atoms with van der Waals surface area (Å²) in [7, 11) is 0. The highest BCUT2D eigenvalue weighted by atomic mass is 16.2. The van der Waals surface area contributed by atoms with Gasteiger partial charge in [-0.3, -0.25) is 9.89 Å². The standard InChI is InChI=1S/C15H22N3O/c1-15(8-3-2-4-9-15)14(19)16-13-10-12(17-18-13)11-6-5-7-11/h10H,2-9H2,1H3,(H2,16,17,18,19). The number of anilines is 1. The van der Waals surface area contributed by atoms with Crippen molar-refractivity contribution in [3.63, 3.8) is 0 Å². The first-order chi connectivity index (χ1) is 9.17. The molecule has 0 atom stereocenters. The summed E-state index contributed by atoms with van der Waals surface area (Å²) in [6, 6.07) is 1.97. The summed E-state index contributed by atoms with van der Waals surface area (Å²) in [6.45, 7) is 2.08. The molecule has 1 aromatic heterocycles. The summed E-state index contributed by atoms with van der Waals surface area (Å²) in [6.07, 6.45) is 9.14. The fourth-order valence-electron chi connectivity index (χ4n) is 3.01. The number of carbonyl (C=O) groups excluding carboxylic acids is 1. The lowest BCUT2D eigenvalue weighted by atomic mass is 9.75. The molecule has 2 saturated carbocycles. The molecular formula is C15H22N3O. The van der Waals surface area contributed by atoms with E-state index in [4.69, 9.17) is 0 Å². The zero-order valence-electron chi connectivity index (χ0n) is 11.6. The van der Waals surface area contributed by atoms with Crippen LogP contribution in [0.5, 0.6) is 0 Å². The number of rotatable bonds is 3. The molecule has 1 aromatic rings. The Morgan fingerprint density at radius 1 is 1.26 bits per heavy atom. The Kier molecular flexibility index (Phi) is 3.33. The Hall–Kier alpha value is -1.32. The summed E-state index contributed by atoms with van der Waals surface area (Å²) in [5.41, 5.74) is 0.822. The van der Waals surface area contributed by atoms with E-state index < -0.39 is 0 Å². The molecule has 1 heterocycles. The van der Waals surface area contributed by atoms with Crippen LogP contribution in [0.25, 0.3) is 0 Å². The second-order valence-corrected chi connectivity index (χ2v) is 6.20. The van der Waals surface area contributed by atoms with Gasteiger partial charge in [-0.15, -0.1) is 0 Å². The van der Waals surface area contributed by atoms with Gasteiger partial charge in [0.1, 0.15) is 5.82 Å². The molecule has 0 bridgehead atoms. The van der Waals surface area contributed by atoms with Gasteiger partial charge in [-0.1, -0.05) is 32.6 Å². The van der Waals surface area contributed by atoms with Crippen LogP contribution in [0.4, 0.5) is 5.82 Å². The number of carbonyl (C=O) groups is 1. The largest absolute Gasteiger partial charge is 0.311 e. The Morgan fingerprint density at radius 3 is 2.63 bits per heavy atom. The molecule has 0 saturated heterocycles. The average Bonchev–Trinajstić information content (AvgIpc) is 2.76. The maximum Gasteiger partial charge on any atom is 0.231 e. The van der Waals surface area contributed by atoms with Gasteiger partial charge in [0.05, 0.1) is 5.69 Å². The molecule has 19 heavy (non-hydrogen) atoms. The highest BCUT2D eigenvalue weighted by Gasteiger charge is 2.34. The number of nitrogens with zero attached hydrogens (tertiary/aromatic N) is 1. The smallest absolute Gasteiger partial charge is 0.231 e. The molecule has 0 unspecified atom stereocenters. The number of H-pyrrole nitrogens is 1. The van der Waals surface area contributed by atoms with Crippen LogP contribution in [0.2, 0.25) is 0 Å². The van der Waals surface area contributed by atoms with Gasteiger partial charge in [0.25, 0.3) is 0 Å². The third-order valence-electron chi connectivity index (χ3n) is 4.65. The first-order valence-electron chi connectivity index (χ1n) is 7.39. The number of amides is 1. The van der Waals surface area contributed by atoms with Gasteiger partial charge >= 0.3 is 0 Å². The normalized spacial score (nSPS) is 22.8. The number of hydrogen-bond acceptors (Lipinski definition) is 2. The Bertz CT molecular complexity index is 456. The summed E-state index contributed by atoms with van der Waals surface area (Å²) in [5, 5.41) is 10.2. The van der Waals surface area contributed by atoms with Crippen molar-refractivity contribution in [3.8, 4) is 0 Å². The van der Waals surface area contributed by atoms with Gasteiger partial charge in [-0.05, 0) is 25.7 Å². The minimum atomic E-state index is -0.201. The molecule has 4 heteroatoms. The van der Waals surface area contributed by atoms with Gasteiger partial charge in [-0.25, -0.2) is 0 Å². The molecule has 0 aromatic carbocycles. The lowest BCUT2D eigenvalue weighted by Crippen LogP contribution is -2.35. The van der Waals surface area contributed by atoms with Crippen LogP contribution in [0.3, 0.4) is 0 Å². The third-order valence-corrected chi connectivity index (χ3v) is 4.65. The summed E-state index contributed by atoms with van der Waals surface area (Å²) >= 11 is 0. The molecule has 2 aliphatic rings. The van der Waals surface area contributed by atoms with E-state index in [1.54, 1.807) is 0 Å². The molecule has 2 aliphatic carbocycles. The van der Waals surface area contributed by atoms with Crippen molar-refractivity contribution < 1.29 is 4.79 Å². The first-order valence-corrected chi connectivity index (χ1v) is 7.39. The van der Waals surface area contributed by atoms with Crippen molar-refractivity contribution in [2.24, 2.45) is 5.41 Å². The lowest BCUT2D eigenvalue weighted by molar-refractivity contribution is -0.126. The van der Waals surface area contributed by atoms with Crippen molar-refractivity contribution in [2.45, 2.75) is 58.3 Å². The van der Waals surface area contributed by atoms with Gasteiger partial charge in [-0.2, -0.15) is 5.10 Å². The molecular weight excluding hydrogens is 238 g/mol. The topological polar surface area (TPSA) is 57.8 Å². The average molecular weight is 260 g/mol. The van der Waals surface area contributed by atoms with Crippen molar-refractivity contribution in [1.82, 2.24) is 10.2 Å². The van der Waals surface area contributed by atoms with E-state index in [-0.39, 0.29) is 11.3 Å². The predicted octanol–water partition coefficient (Wildman–Crippen LogP) is 3.43. The van der Waals surface area contributed by atoms with Crippen LogP contribution in [0.15, 0.2) is 6.07 Å². The number of aromatic amines is 1. The summed E-state index contributed by atoms with van der Waals surface area (Å²) in [4.78, 5) is 12.4. The predicted molar refractivity (Wildman–Crippen MR) is 74.6 cm³/mol. The molecule has 1 amide bonds. The molecule has 1 radical (unpaired) electrons. The van der Waals surface area contributed by atoms with Crippen molar-refractivity contribution >= 4 is 11.7 Å². The number of hydrogen-bond donors (Lipinski definition) is 2. The number of aromatic nitrogens is 2. The third kappa shape index (κ3) is 2.53. The van der Waals surface area contributed by atoms with Gasteiger partial charge in [0.15, 0.2) is 0 Å². The van der Waals surface area contributed by atoms with Gasteiger partial charge in [0.2, 0.25) is 5.91 Å². The SMILES string of the molecule is CC1(C(=O)Nc2cc([C]3CCC3)n[nH]2)CCCCC1. The Balaban J connectivity index is 1.63. The summed E-state index contributed by atoms with van der Waals surface area (Å²) in [5.74, 6) is 2.29. The monoisotopic (exact) mass is 260 g/mol. The van der Waals surface area contributed by atoms with Gasteiger partial charge < -0.3 is 5.32 Å². The zero-order valence-corrected chi connectivity index (χ0v) is 11.6. The molecule has 4 nitrogen and oxygen atoms in total. The van der Waals surface area contributed by atoms with E-state index in [1.807, 2.05) is 6.07 Å². The quantitative estimate of drug-likeness (QED) is 0.874. The van der Waals surface area contributed by atoms with E-state index in [1.165, 1.54) is 18.8 Å². The van der Waals surface area contributed by atoms with Crippen molar-refractivity contribution in [2.75, 3.05) is 5.32 Å². The van der Waals surface area contributed by atoms with Crippen LogP contribution < -0.4 is 5.32 Å². The lowest BCUT2D eigenvalue weighted by Gasteiger charge is -2.31. The van der Waals surface area contributed by atoms with E-state index >= 15 is 0 Å². The van der Waals surface area contributed by atoms with Crippen LogP contribution >= 0.6 is 0 Å². The molecule has 0 aliphatic heterocycles. The molecule has 2 fully saturated rings. The van der Waals surface area contributed by atoms with Crippen LogP contribution in [0, 0.1) is 11.3 Å². The maximum atomic E-state index is 12.4. The highest BCUT2D eigenvalue weighted by molar-refractivity contribution is 5.94. The van der Waals surface area contributed by atoms with E-state index in [0.717, 1.165) is 50.0 Å². The maximum absolute atomic E-state index is 12.4. The second-order valence-electron chi connectivity index (χ2n) is 6.20. The van der Waals surface area contributed by atoms with Crippen LogP contribution in [0.1, 0.15) is 64.0 Å². The van der Waals surface area contributed by atoms with Crippen molar-refractivity contribution in [1.29, 1.82) is 0 Å². The molecule has 103 valence electrons. The first kappa shape index (κ1) is 12.7. The fourth-order valence-corrected chi connectivity index (χ4v) is 3.01. The molecule has 0 spiro atoms.